The summed E-state index contributed by atoms with van der Waals surface area (Å²) in [5.41, 5.74) is 0. The highest BCUT2D eigenvalue weighted by molar-refractivity contribution is 6.24. The van der Waals surface area contributed by atoms with E-state index in [1.54, 1.807) is 12.2 Å². The van der Waals surface area contributed by atoms with Crippen molar-refractivity contribution in [2.24, 2.45) is 5.92 Å². The molecule has 0 aromatic carbocycles. The van der Waals surface area contributed by atoms with Crippen molar-refractivity contribution in [2.45, 2.75) is 5.38 Å². The van der Waals surface area contributed by atoms with Gasteiger partial charge in [-0.1, -0.05) is 12.2 Å². The molecule has 0 spiro atoms. The average molecular weight is 133 g/mol. The van der Waals surface area contributed by atoms with Gasteiger partial charge in [0.15, 0.2) is 0 Å². The molecule has 1 rings (SSSR count). The second kappa shape index (κ2) is 1.78. The van der Waals surface area contributed by atoms with E-state index in [1.807, 2.05) is 0 Å². The van der Waals surface area contributed by atoms with Gasteiger partial charge >= 0.3 is 5.97 Å². The van der Waals surface area contributed by atoms with E-state index in [-0.39, 0.29) is 5.38 Å². The predicted octanol–water partition coefficient (Wildman–Crippen LogP) is 0.864. The Morgan fingerprint density at radius 3 is 2.25 bits per heavy atom. The number of allylic oxidation sites excluding steroid dienone is 1. The van der Waals surface area contributed by atoms with Crippen molar-refractivity contribution >= 4 is 17.6 Å². The Balaban J connectivity index is 2.53. The first-order valence-corrected chi connectivity index (χ1v) is 2.70. The van der Waals surface area contributed by atoms with Crippen LogP contribution in [-0.4, -0.2) is 16.5 Å². The largest absolute Gasteiger partial charge is 0.481 e. The summed E-state index contributed by atoms with van der Waals surface area (Å²) in [5.74, 6) is -1.29. The van der Waals surface area contributed by atoms with Crippen molar-refractivity contribution in [3.05, 3.63) is 12.2 Å². The Kier molecular flexibility index (Phi) is 1.26. The Labute approximate surface area is 51.8 Å². The second-order valence-electron chi connectivity index (χ2n) is 1.69. The lowest BCUT2D eigenvalue weighted by molar-refractivity contribution is -0.140. The maximum atomic E-state index is 10.1. The van der Waals surface area contributed by atoms with Gasteiger partial charge in [0, 0.05) is 0 Å². The highest BCUT2D eigenvalue weighted by Crippen LogP contribution is 2.23. The third kappa shape index (κ3) is 0.713. The molecule has 0 aromatic rings. The zero-order valence-corrected chi connectivity index (χ0v) is 4.80. The minimum atomic E-state index is -0.840. The molecule has 0 heterocycles. The summed E-state index contributed by atoms with van der Waals surface area (Å²) in [6.45, 7) is 0. The van der Waals surface area contributed by atoms with E-state index in [1.165, 1.54) is 0 Å². The lowest BCUT2D eigenvalue weighted by Gasteiger charge is -2.18. The topological polar surface area (TPSA) is 37.3 Å². The van der Waals surface area contributed by atoms with Gasteiger partial charge in [-0.2, -0.15) is 0 Å². The number of rotatable bonds is 1. The Morgan fingerprint density at radius 1 is 1.62 bits per heavy atom. The molecule has 0 radical (unpaired) electrons. The number of carboxylic acid groups (broad SMARTS) is 1. The van der Waals surface area contributed by atoms with Gasteiger partial charge in [0.25, 0.3) is 0 Å². The lowest BCUT2D eigenvalue weighted by atomic mass is 9.95. The van der Waals surface area contributed by atoms with Gasteiger partial charge < -0.3 is 5.11 Å². The Morgan fingerprint density at radius 2 is 2.25 bits per heavy atom. The number of alkyl halides is 1. The van der Waals surface area contributed by atoms with E-state index in [4.69, 9.17) is 16.7 Å². The van der Waals surface area contributed by atoms with Gasteiger partial charge in [0.2, 0.25) is 0 Å². The van der Waals surface area contributed by atoms with Crippen LogP contribution in [0.15, 0.2) is 12.2 Å². The number of hydrogen-bond donors (Lipinski definition) is 1. The van der Waals surface area contributed by atoms with E-state index in [2.05, 4.69) is 0 Å². The van der Waals surface area contributed by atoms with Crippen LogP contribution >= 0.6 is 11.6 Å². The summed E-state index contributed by atoms with van der Waals surface area (Å²) in [5, 5.41) is 7.98. The molecule has 1 aliphatic carbocycles. The second-order valence-corrected chi connectivity index (χ2v) is 2.20. The van der Waals surface area contributed by atoms with Crippen LogP contribution in [0, 0.1) is 5.92 Å². The van der Waals surface area contributed by atoms with Crippen LogP contribution in [-0.2, 0) is 4.79 Å². The molecule has 0 saturated carbocycles. The van der Waals surface area contributed by atoms with Crippen LogP contribution in [0.25, 0.3) is 0 Å². The Hall–Kier alpha value is -0.500. The van der Waals surface area contributed by atoms with Crippen molar-refractivity contribution in [3.63, 3.8) is 0 Å². The quantitative estimate of drug-likeness (QED) is 0.425. The van der Waals surface area contributed by atoms with E-state index < -0.39 is 11.9 Å². The minimum Gasteiger partial charge on any atom is -0.481 e. The van der Waals surface area contributed by atoms with Crippen LogP contribution in [0.1, 0.15) is 0 Å². The highest BCUT2D eigenvalue weighted by Gasteiger charge is 2.27. The van der Waals surface area contributed by atoms with Gasteiger partial charge in [0.05, 0.1) is 11.3 Å². The summed E-state index contributed by atoms with van der Waals surface area (Å²) in [6.07, 6.45) is 3.25. The third-order valence-corrected chi connectivity index (χ3v) is 1.55. The van der Waals surface area contributed by atoms with Crippen molar-refractivity contribution in [1.29, 1.82) is 0 Å². The fourth-order valence-electron chi connectivity index (χ4n) is 0.525. The number of carbonyl (C=O) groups is 1. The van der Waals surface area contributed by atoms with Crippen LogP contribution in [0.3, 0.4) is 0 Å². The van der Waals surface area contributed by atoms with Gasteiger partial charge in [-0.05, 0) is 0 Å². The van der Waals surface area contributed by atoms with E-state index in [0.29, 0.717) is 0 Å². The fraction of sp³-hybridized carbons (Fsp3) is 0.400. The molecule has 0 aliphatic heterocycles. The first kappa shape index (κ1) is 5.63. The third-order valence-electron chi connectivity index (χ3n) is 1.13. The van der Waals surface area contributed by atoms with Crippen molar-refractivity contribution in [3.8, 4) is 0 Å². The zero-order chi connectivity index (χ0) is 6.15. The van der Waals surface area contributed by atoms with Crippen LogP contribution in [0.4, 0.5) is 0 Å². The fourth-order valence-corrected chi connectivity index (χ4v) is 0.800. The molecule has 0 unspecified atom stereocenters. The summed E-state index contributed by atoms with van der Waals surface area (Å²) in [4.78, 5) is 10.1. The highest BCUT2D eigenvalue weighted by atomic mass is 35.5. The zero-order valence-electron chi connectivity index (χ0n) is 4.04. The molecule has 1 N–H and O–H groups in total. The monoisotopic (exact) mass is 132 g/mol. The van der Waals surface area contributed by atoms with Crippen LogP contribution in [0.2, 0.25) is 0 Å². The van der Waals surface area contributed by atoms with Crippen LogP contribution in [0.5, 0.6) is 0 Å². The predicted molar refractivity (Wildman–Crippen MR) is 29.9 cm³/mol. The number of hydrogen-bond acceptors (Lipinski definition) is 1. The molecule has 44 valence electrons. The van der Waals surface area contributed by atoms with Crippen LogP contribution < -0.4 is 0 Å². The van der Waals surface area contributed by atoms with Gasteiger partial charge in [-0.15, -0.1) is 11.6 Å². The summed E-state index contributed by atoms with van der Waals surface area (Å²) < 4.78 is 0. The number of carboxylic acids is 1. The molecule has 3 heteroatoms. The SMILES string of the molecule is O=C(O)[C@H]1C=C[C@H]1Cl. The molecule has 0 bridgehead atoms. The van der Waals surface area contributed by atoms with Gasteiger partial charge in [-0.25, -0.2) is 0 Å². The van der Waals surface area contributed by atoms with Crippen molar-refractivity contribution < 1.29 is 9.90 Å². The molecule has 0 amide bonds. The van der Waals surface area contributed by atoms with E-state index >= 15 is 0 Å². The number of halogens is 1. The van der Waals surface area contributed by atoms with Gasteiger partial charge in [-0.3, -0.25) is 4.79 Å². The van der Waals surface area contributed by atoms with Crippen molar-refractivity contribution in [2.75, 3.05) is 0 Å². The molecule has 1 aliphatic rings. The lowest BCUT2D eigenvalue weighted by Crippen LogP contribution is -2.26. The molecule has 0 aromatic heterocycles. The van der Waals surface area contributed by atoms with E-state index in [9.17, 15) is 4.79 Å². The molecule has 2 atom stereocenters. The van der Waals surface area contributed by atoms with E-state index in [0.717, 1.165) is 0 Å². The Bertz CT molecular complexity index is 141. The molecule has 8 heavy (non-hydrogen) atoms. The number of aliphatic carboxylic acids is 1. The summed E-state index contributed by atoms with van der Waals surface area (Å²) in [6, 6.07) is 0. The summed E-state index contributed by atoms with van der Waals surface area (Å²) >= 11 is 5.44. The molecule has 2 nitrogen and oxygen atoms in total. The molecule has 0 fully saturated rings. The normalized spacial score (nSPS) is 34.1. The molecular weight excluding hydrogens is 128 g/mol. The first-order chi connectivity index (χ1) is 3.72. The summed E-state index contributed by atoms with van der Waals surface area (Å²) in [7, 11) is 0. The average Bonchev–Trinajstić information content (AvgIpc) is 1.61. The van der Waals surface area contributed by atoms with Gasteiger partial charge in [0.1, 0.15) is 0 Å². The first-order valence-electron chi connectivity index (χ1n) is 2.27. The minimum absolute atomic E-state index is 0.285. The van der Waals surface area contributed by atoms with Crippen molar-refractivity contribution in [1.82, 2.24) is 0 Å². The standard InChI is InChI=1S/C5H5ClO2/c6-4-2-1-3(4)5(7)8/h1-4H,(H,7,8)/t3-,4+/m0/s1. The molecular formula is C5H5ClO2. The smallest absolute Gasteiger partial charge is 0.312 e. The maximum Gasteiger partial charge on any atom is 0.312 e. The molecule has 0 saturated heterocycles. The maximum absolute atomic E-state index is 10.1.